The molecule has 0 atom stereocenters. The van der Waals surface area contributed by atoms with Gasteiger partial charge in [-0.05, 0) is 115 Å². The normalized spacial score (nSPS) is 32.0. The van der Waals surface area contributed by atoms with Crippen molar-refractivity contribution in [2.45, 2.75) is 51.9 Å². The lowest BCUT2D eigenvalue weighted by Crippen LogP contribution is -2.41. The Morgan fingerprint density at radius 1 is 0.909 bits per heavy atom. The van der Waals surface area contributed by atoms with Gasteiger partial charge in [-0.25, -0.2) is 9.59 Å². The van der Waals surface area contributed by atoms with Gasteiger partial charge in [0.25, 0.3) is 0 Å². The lowest BCUT2D eigenvalue weighted by Gasteiger charge is -2.51. The lowest BCUT2D eigenvalue weighted by molar-refractivity contribution is -0.149. The molecule has 5 aliphatic carbocycles. The monoisotopic (exact) mass is 456 g/mol. The molecule has 3 nitrogen and oxygen atoms in total. The van der Waals surface area contributed by atoms with E-state index in [1.165, 1.54) is 53.7 Å². The summed E-state index contributed by atoms with van der Waals surface area (Å²) >= 11 is 1.72. The van der Waals surface area contributed by atoms with Gasteiger partial charge in [-0.15, -0.1) is 11.3 Å². The SMILES string of the molecule is Cc1ccc(-c2cc(/C(=C3/C(=O)OC(=O)C3=C3C4CC5CC(C4)CC3C5)C3CC3)cs2)cc1. The summed E-state index contributed by atoms with van der Waals surface area (Å²) < 4.78 is 5.34. The fourth-order valence-corrected chi connectivity index (χ4v) is 8.22. The van der Waals surface area contributed by atoms with Crippen molar-refractivity contribution in [2.24, 2.45) is 29.6 Å². The molecule has 0 spiro atoms. The number of thiophene rings is 1. The van der Waals surface area contributed by atoms with Crippen LogP contribution in [0.4, 0.5) is 0 Å². The Hall–Kier alpha value is -2.46. The van der Waals surface area contributed by atoms with E-state index in [-0.39, 0.29) is 5.97 Å². The number of rotatable bonds is 3. The topological polar surface area (TPSA) is 43.4 Å². The Bertz CT molecular complexity index is 1210. The summed E-state index contributed by atoms with van der Waals surface area (Å²) in [6, 6.07) is 10.8. The van der Waals surface area contributed by atoms with E-state index in [0.29, 0.717) is 28.9 Å². The van der Waals surface area contributed by atoms with Crippen LogP contribution >= 0.6 is 11.3 Å². The smallest absolute Gasteiger partial charge is 0.347 e. The number of carbonyl (C=O) groups excluding carboxylic acids is 2. The summed E-state index contributed by atoms with van der Waals surface area (Å²) in [5, 5.41) is 2.17. The van der Waals surface area contributed by atoms with E-state index in [9.17, 15) is 9.59 Å². The zero-order valence-electron chi connectivity index (χ0n) is 18.9. The van der Waals surface area contributed by atoms with Gasteiger partial charge in [-0.1, -0.05) is 29.8 Å². The van der Waals surface area contributed by atoms with Crippen molar-refractivity contribution < 1.29 is 14.3 Å². The number of esters is 2. The molecule has 6 fully saturated rings. The maximum Gasteiger partial charge on any atom is 0.347 e. The highest BCUT2D eigenvalue weighted by atomic mass is 32.1. The summed E-state index contributed by atoms with van der Waals surface area (Å²) in [5.74, 6) is 2.12. The first-order valence-electron chi connectivity index (χ1n) is 12.5. The van der Waals surface area contributed by atoms with Gasteiger partial charge in [0.2, 0.25) is 0 Å². The van der Waals surface area contributed by atoms with E-state index >= 15 is 0 Å². The molecule has 4 bridgehead atoms. The molecule has 0 unspecified atom stereocenters. The number of aryl methyl sites for hydroxylation is 1. The maximum absolute atomic E-state index is 13.2. The molecular formula is C29H28O3S. The van der Waals surface area contributed by atoms with Gasteiger partial charge < -0.3 is 4.74 Å². The fraction of sp³-hybridized carbons (Fsp3) is 0.448. The molecule has 1 aromatic carbocycles. The van der Waals surface area contributed by atoms with E-state index in [1.54, 1.807) is 11.3 Å². The van der Waals surface area contributed by atoms with Crippen LogP contribution in [0.3, 0.4) is 0 Å². The van der Waals surface area contributed by atoms with E-state index in [4.69, 9.17) is 4.74 Å². The van der Waals surface area contributed by atoms with Crippen LogP contribution in [0.15, 0.2) is 52.4 Å². The summed E-state index contributed by atoms with van der Waals surface area (Å²) in [7, 11) is 0. The molecule has 0 N–H and O–H groups in total. The molecule has 4 heteroatoms. The van der Waals surface area contributed by atoms with E-state index < -0.39 is 5.97 Å². The molecule has 1 saturated heterocycles. The largest absolute Gasteiger partial charge is 0.386 e. The second kappa shape index (κ2) is 7.27. The molecular weight excluding hydrogens is 428 g/mol. The van der Waals surface area contributed by atoms with Crippen LogP contribution in [0.1, 0.15) is 56.1 Å². The molecule has 168 valence electrons. The van der Waals surface area contributed by atoms with Crippen LogP contribution in [-0.2, 0) is 14.3 Å². The van der Waals surface area contributed by atoms with E-state index in [0.717, 1.165) is 35.8 Å². The van der Waals surface area contributed by atoms with Crippen molar-refractivity contribution in [3.8, 4) is 10.4 Å². The predicted molar refractivity (Wildman–Crippen MR) is 129 cm³/mol. The van der Waals surface area contributed by atoms with Gasteiger partial charge in [0.15, 0.2) is 0 Å². The van der Waals surface area contributed by atoms with E-state index in [1.807, 2.05) is 0 Å². The van der Waals surface area contributed by atoms with Crippen molar-refractivity contribution in [1.82, 2.24) is 0 Å². The molecule has 6 aliphatic rings. The summed E-state index contributed by atoms with van der Waals surface area (Å²) in [5.41, 5.74) is 7.16. The van der Waals surface area contributed by atoms with Crippen LogP contribution in [0.5, 0.6) is 0 Å². The first kappa shape index (κ1) is 20.0. The third-order valence-electron chi connectivity index (χ3n) is 8.65. The zero-order chi connectivity index (χ0) is 22.3. The highest BCUT2D eigenvalue weighted by molar-refractivity contribution is 7.13. The predicted octanol–water partition coefficient (Wildman–Crippen LogP) is 6.72. The summed E-state index contributed by atoms with van der Waals surface area (Å²) in [4.78, 5) is 27.5. The number of carbonyl (C=O) groups is 2. The van der Waals surface area contributed by atoms with Crippen LogP contribution in [0, 0.1) is 36.5 Å². The quantitative estimate of drug-likeness (QED) is 0.292. The molecule has 1 aliphatic heterocycles. The van der Waals surface area contributed by atoms with Gasteiger partial charge in [0, 0.05) is 4.88 Å². The molecule has 2 heterocycles. The Balaban J connectivity index is 1.38. The van der Waals surface area contributed by atoms with Gasteiger partial charge >= 0.3 is 11.9 Å². The summed E-state index contributed by atoms with van der Waals surface area (Å²) in [6.07, 6.45) is 8.28. The average Bonchev–Trinajstić information content (AvgIpc) is 3.43. The van der Waals surface area contributed by atoms with Gasteiger partial charge in [-0.2, -0.15) is 0 Å². The van der Waals surface area contributed by atoms with Crippen molar-refractivity contribution in [3.05, 3.63) is 63.6 Å². The molecule has 5 saturated carbocycles. The molecule has 0 radical (unpaired) electrons. The van der Waals surface area contributed by atoms with Gasteiger partial charge in [-0.3, -0.25) is 0 Å². The van der Waals surface area contributed by atoms with Crippen LogP contribution in [0.25, 0.3) is 16.0 Å². The highest BCUT2D eigenvalue weighted by Gasteiger charge is 2.50. The Morgan fingerprint density at radius 3 is 2.21 bits per heavy atom. The summed E-state index contributed by atoms with van der Waals surface area (Å²) in [6.45, 7) is 2.10. The second-order valence-electron chi connectivity index (χ2n) is 10.9. The second-order valence-corrected chi connectivity index (χ2v) is 11.9. The van der Waals surface area contributed by atoms with E-state index in [2.05, 4.69) is 42.6 Å². The van der Waals surface area contributed by atoms with Crippen molar-refractivity contribution in [3.63, 3.8) is 0 Å². The molecule has 8 rings (SSSR count). The molecule has 1 aromatic heterocycles. The lowest BCUT2D eigenvalue weighted by atomic mass is 9.53. The van der Waals surface area contributed by atoms with Crippen LogP contribution < -0.4 is 0 Å². The van der Waals surface area contributed by atoms with Crippen molar-refractivity contribution >= 4 is 28.8 Å². The Labute approximate surface area is 198 Å². The fourth-order valence-electron chi connectivity index (χ4n) is 7.30. The van der Waals surface area contributed by atoms with Crippen molar-refractivity contribution in [2.75, 3.05) is 0 Å². The number of cyclic esters (lactones) is 2. The number of benzene rings is 1. The minimum Gasteiger partial charge on any atom is -0.386 e. The average molecular weight is 457 g/mol. The highest BCUT2D eigenvalue weighted by Crippen LogP contribution is 2.59. The number of allylic oxidation sites excluding steroid dienone is 2. The molecule has 2 aromatic rings. The van der Waals surface area contributed by atoms with Crippen LogP contribution in [-0.4, -0.2) is 11.9 Å². The van der Waals surface area contributed by atoms with Crippen molar-refractivity contribution in [1.29, 1.82) is 0 Å². The molecule has 0 amide bonds. The first-order valence-corrected chi connectivity index (χ1v) is 13.3. The third kappa shape index (κ3) is 3.21. The van der Waals surface area contributed by atoms with Gasteiger partial charge in [0.05, 0.1) is 11.1 Å². The van der Waals surface area contributed by atoms with Gasteiger partial charge in [0.1, 0.15) is 0 Å². The maximum atomic E-state index is 13.2. The Kier molecular flexibility index (Phi) is 4.40. The third-order valence-corrected chi connectivity index (χ3v) is 9.63. The molecule has 33 heavy (non-hydrogen) atoms. The minimum absolute atomic E-state index is 0.353. The Morgan fingerprint density at radius 2 is 1.58 bits per heavy atom. The standard InChI is InChI=1S/C29H28O3S/c1-15-2-4-18(5-3-15)23-13-22(14-33-23)24(19-6-7-19)26-27(29(31)32-28(26)30)25-20-9-16-8-17(11-20)12-21(25)10-16/h2-5,13-14,16-17,19-21H,6-12H2,1H3/b26-24+,27-25?. The number of hydrogen-bond donors (Lipinski definition) is 0. The van der Waals surface area contributed by atoms with Crippen LogP contribution in [0.2, 0.25) is 0 Å². The number of hydrogen-bond acceptors (Lipinski definition) is 4. The number of ether oxygens (including phenoxy) is 1. The zero-order valence-corrected chi connectivity index (χ0v) is 19.8. The minimum atomic E-state index is -0.415. The first-order chi connectivity index (χ1) is 16.0.